The van der Waals surface area contributed by atoms with E-state index in [0.29, 0.717) is 12.5 Å². The fraction of sp³-hybridized carbons (Fsp3) is 0.438. The first-order valence-electron chi connectivity index (χ1n) is 6.94. The maximum absolute atomic E-state index is 12.1. The third-order valence-corrected chi connectivity index (χ3v) is 3.70. The number of nitrogens with one attached hydrogen (secondary N) is 1. The first kappa shape index (κ1) is 14.4. The van der Waals surface area contributed by atoms with Gasteiger partial charge in [-0.2, -0.15) is 0 Å². The third kappa shape index (κ3) is 2.95. The minimum Gasteiger partial charge on any atom is -0.496 e. The van der Waals surface area contributed by atoms with Gasteiger partial charge in [0.25, 0.3) is 0 Å². The third-order valence-electron chi connectivity index (χ3n) is 3.70. The van der Waals surface area contributed by atoms with E-state index in [0.717, 1.165) is 16.7 Å². The van der Waals surface area contributed by atoms with Gasteiger partial charge < -0.3 is 14.6 Å². The molecule has 1 atom stereocenters. The molecular formula is C16H22N2O2. The van der Waals surface area contributed by atoms with Crippen molar-refractivity contribution in [2.75, 3.05) is 7.11 Å². The molecule has 1 amide bonds. The number of aromatic nitrogens is 1. The highest BCUT2D eigenvalue weighted by atomic mass is 16.5. The van der Waals surface area contributed by atoms with E-state index in [1.165, 1.54) is 0 Å². The lowest BCUT2D eigenvalue weighted by atomic mass is 10.1. The zero-order valence-electron chi connectivity index (χ0n) is 12.5. The number of amides is 1. The van der Waals surface area contributed by atoms with Crippen LogP contribution in [0.3, 0.4) is 0 Å². The lowest BCUT2D eigenvalue weighted by Crippen LogP contribution is -2.38. The van der Waals surface area contributed by atoms with E-state index in [9.17, 15) is 4.79 Å². The lowest BCUT2D eigenvalue weighted by molar-refractivity contribution is -0.122. The normalized spacial score (nSPS) is 12.7. The average Bonchev–Trinajstić information content (AvgIpc) is 2.81. The number of carbonyl (C=O) groups excluding carboxylic acids is 1. The van der Waals surface area contributed by atoms with Crippen molar-refractivity contribution in [1.29, 1.82) is 0 Å². The average molecular weight is 274 g/mol. The fourth-order valence-corrected chi connectivity index (χ4v) is 2.13. The minimum atomic E-state index is 0.0338. The Balaban J connectivity index is 2.16. The second-order valence-electron chi connectivity index (χ2n) is 5.44. The number of nitrogens with zero attached hydrogens (tertiary/aromatic N) is 1. The van der Waals surface area contributed by atoms with Crippen molar-refractivity contribution in [2.24, 2.45) is 5.92 Å². The quantitative estimate of drug-likeness (QED) is 0.911. The molecule has 2 rings (SSSR count). The second-order valence-corrected chi connectivity index (χ2v) is 5.44. The van der Waals surface area contributed by atoms with Crippen molar-refractivity contribution < 1.29 is 9.53 Å². The maximum Gasteiger partial charge on any atom is 0.240 e. The van der Waals surface area contributed by atoms with Crippen LogP contribution in [0, 0.1) is 5.92 Å². The van der Waals surface area contributed by atoms with Crippen LogP contribution in [-0.4, -0.2) is 23.6 Å². The Kier molecular flexibility index (Phi) is 4.32. The van der Waals surface area contributed by atoms with Gasteiger partial charge in [-0.15, -0.1) is 0 Å². The van der Waals surface area contributed by atoms with Crippen molar-refractivity contribution in [1.82, 2.24) is 9.88 Å². The summed E-state index contributed by atoms with van der Waals surface area (Å²) in [7, 11) is 1.66. The van der Waals surface area contributed by atoms with E-state index in [1.807, 2.05) is 42.0 Å². The molecule has 4 nitrogen and oxygen atoms in total. The molecule has 1 aromatic carbocycles. The van der Waals surface area contributed by atoms with E-state index in [2.05, 4.69) is 19.2 Å². The van der Waals surface area contributed by atoms with Crippen molar-refractivity contribution in [3.8, 4) is 5.75 Å². The van der Waals surface area contributed by atoms with Gasteiger partial charge in [-0.25, -0.2) is 0 Å². The predicted molar refractivity (Wildman–Crippen MR) is 80.9 cm³/mol. The molecule has 0 fully saturated rings. The molecule has 1 N–H and O–H groups in total. The summed E-state index contributed by atoms with van der Waals surface area (Å²) in [6.45, 7) is 6.55. The number of fused-ring (bicyclic) bond motifs is 1. The highest BCUT2D eigenvalue weighted by Crippen LogP contribution is 2.26. The lowest BCUT2D eigenvalue weighted by Gasteiger charge is -2.17. The van der Waals surface area contributed by atoms with Gasteiger partial charge in [0.2, 0.25) is 5.91 Å². The predicted octanol–water partition coefficient (Wildman–Crippen LogP) is 2.81. The van der Waals surface area contributed by atoms with Crippen LogP contribution < -0.4 is 10.1 Å². The molecule has 0 spiro atoms. The number of hydrogen-bond donors (Lipinski definition) is 1. The molecule has 0 radical (unpaired) electrons. The number of rotatable bonds is 5. The molecule has 20 heavy (non-hydrogen) atoms. The number of methoxy groups -OCH3 is 1. The molecular weight excluding hydrogens is 252 g/mol. The van der Waals surface area contributed by atoms with E-state index in [-0.39, 0.29) is 11.9 Å². The van der Waals surface area contributed by atoms with Crippen molar-refractivity contribution >= 4 is 16.8 Å². The molecule has 0 saturated carbocycles. The summed E-state index contributed by atoms with van der Waals surface area (Å²) in [6.07, 6.45) is 1.92. The van der Waals surface area contributed by atoms with Crippen molar-refractivity contribution in [3.05, 3.63) is 30.5 Å². The molecule has 0 bridgehead atoms. The summed E-state index contributed by atoms with van der Waals surface area (Å²) in [6, 6.07) is 8.02. The molecule has 1 unspecified atom stereocenters. The van der Waals surface area contributed by atoms with Gasteiger partial charge in [0.1, 0.15) is 12.3 Å². The zero-order valence-corrected chi connectivity index (χ0v) is 12.5. The first-order valence-corrected chi connectivity index (χ1v) is 6.94. The fourth-order valence-electron chi connectivity index (χ4n) is 2.13. The van der Waals surface area contributed by atoms with Gasteiger partial charge in [-0.3, -0.25) is 4.79 Å². The van der Waals surface area contributed by atoms with Gasteiger partial charge in [-0.1, -0.05) is 19.9 Å². The van der Waals surface area contributed by atoms with Crippen LogP contribution in [0.5, 0.6) is 5.75 Å². The second kappa shape index (κ2) is 5.99. The largest absolute Gasteiger partial charge is 0.496 e. The van der Waals surface area contributed by atoms with Crippen LogP contribution in [0.4, 0.5) is 0 Å². The molecule has 4 heteroatoms. The molecule has 2 aromatic rings. The van der Waals surface area contributed by atoms with E-state index >= 15 is 0 Å². The molecule has 108 valence electrons. The van der Waals surface area contributed by atoms with Gasteiger partial charge in [-0.05, 0) is 31.0 Å². The van der Waals surface area contributed by atoms with Crippen LogP contribution in [0.15, 0.2) is 30.5 Å². The number of benzene rings is 1. The summed E-state index contributed by atoms with van der Waals surface area (Å²) >= 11 is 0. The van der Waals surface area contributed by atoms with Crippen LogP contribution >= 0.6 is 0 Å². The molecule has 0 saturated heterocycles. The van der Waals surface area contributed by atoms with Crippen LogP contribution in [0.25, 0.3) is 10.9 Å². The number of carbonyl (C=O) groups is 1. The summed E-state index contributed by atoms with van der Waals surface area (Å²) in [5.41, 5.74) is 1.01. The van der Waals surface area contributed by atoms with E-state index < -0.39 is 0 Å². The Morgan fingerprint density at radius 1 is 1.30 bits per heavy atom. The highest BCUT2D eigenvalue weighted by Gasteiger charge is 2.12. The van der Waals surface area contributed by atoms with Gasteiger partial charge >= 0.3 is 0 Å². The van der Waals surface area contributed by atoms with E-state index in [4.69, 9.17) is 4.74 Å². The van der Waals surface area contributed by atoms with Crippen molar-refractivity contribution in [2.45, 2.75) is 33.4 Å². The Morgan fingerprint density at radius 3 is 2.70 bits per heavy atom. The smallest absolute Gasteiger partial charge is 0.240 e. The Labute approximate surface area is 119 Å². The van der Waals surface area contributed by atoms with Crippen LogP contribution in [-0.2, 0) is 11.3 Å². The molecule has 1 aromatic heterocycles. The monoisotopic (exact) mass is 274 g/mol. The Morgan fingerprint density at radius 2 is 2.05 bits per heavy atom. The van der Waals surface area contributed by atoms with Gasteiger partial charge in [0, 0.05) is 17.6 Å². The Hall–Kier alpha value is -1.97. The molecule has 0 aliphatic carbocycles. The van der Waals surface area contributed by atoms with Gasteiger partial charge in [0.05, 0.1) is 12.6 Å². The van der Waals surface area contributed by atoms with Gasteiger partial charge in [0.15, 0.2) is 0 Å². The topological polar surface area (TPSA) is 43.3 Å². The number of hydrogen-bond acceptors (Lipinski definition) is 2. The number of ether oxygens (including phenoxy) is 1. The molecule has 1 heterocycles. The SMILES string of the molecule is COc1cccc2c1ccn2CC(=O)NC(C)C(C)C. The summed E-state index contributed by atoms with van der Waals surface area (Å²) in [5.74, 6) is 1.30. The summed E-state index contributed by atoms with van der Waals surface area (Å²) in [5, 5.41) is 4.05. The minimum absolute atomic E-state index is 0.0338. The molecule has 0 aliphatic heterocycles. The molecule has 0 aliphatic rings. The van der Waals surface area contributed by atoms with Crippen LogP contribution in [0.2, 0.25) is 0 Å². The highest BCUT2D eigenvalue weighted by molar-refractivity contribution is 5.88. The van der Waals surface area contributed by atoms with Crippen LogP contribution in [0.1, 0.15) is 20.8 Å². The zero-order chi connectivity index (χ0) is 14.7. The summed E-state index contributed by atoms with van der Waals surface area (Å²) < 4.78 is 7.27. The Bertz CT molecular complexity index is 602. The van der Waals surface area contributed by atoms with E-state index in [1.54, 1.807) is 7.11 Å². The first-order chi connectivity index (χ1) is 9.52. The standard InChI is InChI=1S/C16H22N2O2/c1-11(2)12(3)17-16(19)10-18-9-8-13-14(18)6-5-7-15(13)20-4/h5-9,11-12H,10H2,1-4H3,(H,17,19). The summed E-state index contributed by atoms with van der Waals surface area (Å²) in [4.78, 5) is 12.1. The van der Waals surface area contributed by atoms with Crippen molar-refractivity contribution in [3.63, 3.8) is 0 Å². The maximum atomic E-state index is 12.1.